The summed E-state index contributed by atoms with van der Waals surface area (Å²) in [5.41, 5.74) is 3.37. The van der Waals surface area contributed by atoms with Crippen LogP contribution in [-0.2, 0) is 22.7 Å². The van der Waals surface area contributed by atoms with Gasteiger partial charge in [0.15, 0.2) is 0 Å². The smallest absolute Gasteiger partial charge is 0.256 e. The van der Waals surface area contributed by atoms with Gasteiger partial charge < -0.3 is 15.5 Å². The highest BCUT2D eigenvalue weighted by atomic mass is 16.2. The maximum Gasteiger partial charge on any atom is 0.256 e. The number of hydrogen-bond acceptors (Lipinski definition) is 5. The van der Waals surface area contributed by atoms with Gasteiger partial charge in [-0.1, -0.05) is 74.5 Å². The molecule has 3 aromatic rings. The maximum atomic E-state index is 13.4. The third kappa shape index (κ3) is 6.18. The number of nitrogens with one attached hydrogen (secondary N) is 2. The Labute approximate surface area is 207 Å². The molecule has 0 aromatic heterocycles. The molecule has 0 saturated carbocycles. The van der Waals surface area contributed by atoms with Gasteiger partial charge in [-0.2, -0.15) is 0 Å². The SMILES string of the molecule is CC(C)NCCNC(=O)CN(CC(=O)N(C)N1Cc2ccccc2C1)c1cccc2ccccc12. The van der Waals surface area contributed by atoms with E-state index in [-0.39, 0.29) is 24.9 Å². The summed E-state index contributed by atoms with van der Waals surface area (Å²) in [4.78, 5) is 28.2. The van der Waals surface area contributed by atoms with Gasteiger partial charge in [0.05, 0.1) is 13.1 Å². The minimum absolute atomic E-state index is 0.0555. The van der Waals surface area contributed by atoms with Gasteiger partial charge in [-0.15, -0.1) is 0 Å². The molecule has 35 heavy (non-hydrogen) atoms. The number of fused-ring (bicyclic) bond motifs is 2. The van der Waals surface area contributed by atoms with Crippen molar-refractivity contribution in [1.29, 1.82) is 0 Å². The molecule has 0 unspecified atom stereocenters. The Balaban J connectivity index is 1.49. The molecule has 2 amide bonds. The number of rotatable bonds is 10. The number of hydrogen-bond donors (Lipinski definition) is 2. The van der Waals surface area contributed by atoms with Crippen LogP contribution in [0.4, 0.5) is 5.69 Å². The molecule has 0 aliphatic carbocycles. The van der Waals surface area contributed by atoms with E-state index in [1.165, 1.54) is 11.1 Å². The van der Waals surface area contributed by atoms with E-state index >= 15 is 0 Å². The minimum atomic E-state index is -0.104. The topological polar surface area (TPSA) is 67.9 Å². The van der Waals surface area contributed by atoms with Crippen molar-refractivity contribution in [3.63, 3.8) is 0 Å². The van der Waals surface area contributed by atoms with Crippen LogP contribution in [0, 0.1) is 0 Å². The zero-order valence-corrected chi connectivity index (χ0v) is 20.8. The average molecular weight is 474 g/mol. The number of likely N-dealkylation sites (N-methyl/N-ethyl adjacent to an activating group) is 1. The number of amides is 2. The van der Waals surface area contributed by atoms with Gasteiger partial charge in [0.2, 0.25) is 5.91 Å². The zero-order chi connectivity index (χ0) is 24.8. The van der Waals surface area contributed by atoms with Crippen LogP contribution in [0.15, 0.2) is 66.7 Å². The lowest BCUT2D eigenvalue weighted by Gasteiger charge is -2.31. The van der Waals surface area contributed by atoms with E-state index in [1.807, 2.05) is 71.6 Å². The van der Waals surface area contributed by atoms with Crippen LogP contribution in [-0.4, -0.2) is 61.1 Å². The number of anilines is 1. The van der Waals surface area contributed by atoms with Crippen LogP contribution in [0.25, 0.3) is 10.8 Å². The van der Waals surface area contributed by atoms with Crippen molar-refractivity contribution in [1.82, 2.24) is 20.7 Å². The first-order valence-corrected chi connectivity index (χ1v) is 12.2. The van der Waals surface area contributed by atoms with E-state index < -0.39 is 0 Å². The summed E-state index contributed by atoms with van der Waals surface area (Å²) in [5, 5.41) is 12.1. The van der Waals surface area contributed by atoms with Crippen molar-refractivity contribution in [2.24, 2.45) is 0 Å². The predicted molar refractivity (Wildman–Crippen MR) is 141 cm³/mol. The Morgan fingerprint density at radius 2 is 1.54 bits per heavy atom. The number of carbonyl (C=O) groups excluding carboxylic acids is 2. The van der Waals surface area contributed by atoms with Crippen LogP contribution < -0.4 is 15.5 Å². The average Bonchev–Trinajstić information content (AvgIpc) is 3.29. The molecule has 0 bridgehead atoms. The van der Waals surface area contributed by atoms with Crippen LogP contribution in [0.5, 0.6) is 0 Å². The van der Waals surface area contributed by atoms with Crippen LogP contribution >= 0.6 is 0 Å². The van der Waals surface area contributed by atoms with Crippen LogP contribution in [0.2, 0.25) is 0 Å². The van der Waals surface area contributed by atoms with Crippen molar-refractivity contribution < 1.29 is 9.59 Å². The second-order valence-corrected chi connectivity index (χ2v) is 9.32. The molecule has 0 atom stereocenters. The number of nitrogens with zero attached hydrogens (tertiary/aromatic N) is 3. The first-order chi connectivity index (χ1) is 16.9. The Morgan fingerprint density at radius 1 is 0.886 bits per heavy atom. The first kappa shape index (κ1) is 24.7. The fourth-order valence-electron chi connectivity index (χ4n) is 4.45. The molecule has 1 heterocycles. The fourth-order valence-corrected chi connectivity index (χ4v) is 4.45. The van der Waals surface area contributed by atoms with Gasteiger partial charge in [0, 0.05) is 50.3 Å². The summed E-state index contributed by atoms with van der Waals surface area (Å²) in [6.45, 7) is 7.02. The molecule has 0 saturated heterocycles. The Bertz CT molecular complexity index is 1150. The van der Waals surface area contributed by atoms with E-state index in [0.29, 0.717) is 32.2 Å². The van der Waals surface area contributed by atoms with Gasteiger partial charge in [0.1, 0.15) is 0 Å². The highest BCUT2D eigenvalue weighted by Crippen LogP contribution is 2.27. The monoisotopic (exact) mass is 473 g/mol. The first-order valence-electron chi connectivity index (χ1n) is 12.2. The van der Waals surface area contributed by atoms with Gasteiger partial charge in [0.25, 0.3) is 5.91 Å². The number of benzene rings is 3. The molecule has 7 heteroatoms. The normalized spacial score (nSPS) is 13.1. The Kier molecular flexibility index (Phi) is 8.00. The van der Waals surface area contributed by atoms with Gasteiger partial charge in [-0.25, -0.2) is 5.01 Å². The van der Waals surface area contributed by atoms with Crippen LogP contribution in [0.3, 0.4) is 0 Å². The van der Waals surface area contributed by atoms with Crippen molar-refractivity contribution in [2.45, 2.75) is 33.0 Å². The number of hydrazine groups is 1. The van der Waals surface area contributed by atoms with Gasteiger partial charge in [-0.05, 0) is 22.6 Å². The standard InChI is InChI=1S/C28H35N5O2/c1-21(2)29-15-16-30-27(34)19-32(26-14-8-12-22-9-6-7-13-25(22)26)20-28(35)31(3)33-17-23-10-4-5-11-24(23)18-33/h4-14,21,29H,15-20H2,1-3H3,(H,30,34). The fraction of sp³-hybridized carbons (Fsp3) is 0.357. The second-order valence-electron chi connectivity index (χ2n) is 9.32. The van der Waals surface area contributed by atoms with E-state index in [2.05, 4.69) is 36.6 Å². The maximum absolute atomic E-state index is 13.4. The Hall–Kier alpha value is -3.42. The highest BCUT2D eigenvalue weighted by Gasteiger charge is 2.27. The van der Waals surface area contributed by atoms with E-state index in [0.717, 1.165) is 16.5 Å². The highest BCUT2D eigenvalue weighted by molar-refractivity contribution is 5.97. The summed E-state index contributed by atoms with van der Waals surface area (Å²) in [5.74, 6) is -0.160. The second kappa shape index (κ2) is 11.3. The van der Waals surface area contributed by atoms with Crippen molar-refractivity contribution in [2.75, 3.05) is 38.1 Å². The van der Waals surface area contributed by atoms with Gasteiger partial charge >= 0.3 is 0 Å². The lowest BCUT2D eigenvalue weighted by atomic mass is 10.1. The van der Waals surface area contributed by atoms with Crippen LogP contribution in [0.1, 0.15) is 25.0 Å². The number of carbonyl (C=O) groups is 2. The van der Waals surface area contributed by atoms with Crippen molar-refractivity contribution in [3.8, 4) is 0 Å². The lowest BCUT2D eigenvalue weighted by molar-refractivity contribution is -0.145. The molecule has 0 radical (unpaired) electrons. The zero-order valence-electron chi connectivity index (χ0n) is 20.8. The summed E-state index contributed by atoms with van der Waals surface area (Å²) in [7, 11) is 1.81. The molecule has 184 valence electrons. The third-order valence-corrected chi connectivity index (χ3v) is 6.38. The summed E-state index contributed by atoms with van der Waals surface area (Å²) in [6, 6.07) is 22.7. The quantitative estimate of drug-likeness (QED) is 0.443. The molecule has 1 aliphatic heterocycles. The molecule has 4 rings (SSSR count). The summed E-state index contributed by atoms with van der Waals surface area (Å²) in [6.07, 6.45) is 0. The molecular formula is C28H35N5O2. The summed E-state index contributed by atoms with van der Waals surface area (Å²) >= 11 is 0. The van der Waals surface area contributed by atoms with Gasteiger partial charge in [-0.3, -0.25) is 14.6 Å². The van der Waals surface area contributed by atoms with E-state index in [9.17, 15) is 9.59 Å². The minimum Gasteiger partial charge on any atom is -0.353 e. The predicted octanol–water partition coefficient (Wildman–Crippen LogP) is 3.15. The molecule has 0 fully saturated rings. The molecule has 3 aromatic carbocycles. The molecule has 1 aliphatic rings. The van der Waals surface area contributed by atoms with Crippen molar-refractivity contribution in [3.05, 3.63) is 77.9 Å². The Morgan fingerprint density at radius 3 is 2.26 bits per heavy atom. The third-order valence-electron chi connectivity index (χ3n) is 6.38. The molecule has 0 spiro atoms. The molecule has 7 nitrogen and oxygen atoms in total. The summed E-state index contributed by atoms with van der Waals surface area (Å²) < 4.78 is 0. The molecular weight excluding hydrogens is 438 g/mol. The largest absolute Gasteiger partial charge is 0.353 e. The van der Waals surface area contributed by atoms with Crippen molar-refractivity contribution >= 4 is 28.3 Å². The van der Waals surface area contributed by atoms with E-state index in [4.69, 9.17) is 0 Å². The lowest BCUT2D eigenvalue weighted by Crippen LogP contribution is -2.48. The van der Waals surface area contributed by atoms with E-state index in [1.54, 1.807) is 5.01 Å². The molecule has 2 N–H and O–H groups in total.